The van der Waals surface area contributed by atoms with Crippen LogP contribution < -0.4 is 20.4 Å². The Bertz CT molecular complexity index is 979. The van der Waals surface area contributed by atoms with Crippen molar-refractivity contribution in [3.05, 3.63) is 65.7 Å². The number of rotatable bonds is 4. The van der Waals surface area contributed by atoms with Crippen LogP contribution in [0.4, 0.5) is 22.9 Å². The van der Waals surface area contributed by atoms with Gasteiger partial charge in [0.2, 0.25) is 0 Å². The van der Waals surface area contributed by atoms with Gasteiger partial charge in [-0.05, 0) is 30.3 Å². The van der Waals surface area contributed by atoms with Gasteiger partial charge < -0.3 is 20.4 Å². The van der Waals surface area contributed by atoms with Gasteiger partial charge in [-0.25, -0.2) is 4.98 Å². The van der Waals surface area contributed by atoms with Crippen LogP contribution in [0, 0.1) is 0 Å². The smallest absolute Gasteiger partial charge is 0.126 e. The first kappa shape index (κ1) is 19.4. The zero-order valence-electron chi connectivity index (χ0n) is 16.8. The molecule has 1 fully saturated rings. The molecule has 1 saturated heterocycles. The van der Waals surface area contributed by atoms with Crippen molar-refractivity contribution in [1.82, 2.24) is 4.98 Å². The van der Waals surface area contributed by atoms with Crippen LogP contribution in [0.5, 0.6) is 0 Å². The summed E-state index contributed by atoms with van der Waals surface area (Å²) in [7, 11) is 4.07. The number of pyridine rings is 1. The van der Waals surface area contributed by atoms with Crippen LogP contribution >= 0.6 is 11.6 Å². The van der Waals surface area contributed by atoms with Gasteiger partial charge in [-0.15, -0.1) is 0 Å². The van der Waals surface area contributed by atoms with Gasteiger partial charge in [0.15, 0.2) is 0 Å². The van der Waals surface area contributed by atoms with Crippen molar-refractivity contribution in [2.45, 2.75) is 0 Å². The second kappa shape index (κ2) is 8.21. The number of piperazine rings is 1. The lowest BCUT2D eigenvalue weighted by Crippen LogP contribution is -2.46. The summed E-state index contributed by atoms with van der Waals surface area (Å²) >= 11 is 6.37. The van der Waals surface area contributed by atoms with Gasteiger partial charge in [-0.1, -0.05) is 35.9 Å². The van der Waals surface area contributed by atoms with Crippen LogP contribution in [0.15, 0.2) is 60.7 Å². The van der Waals surface area contributed by atoms with E-state index in [-0.39, 0.29) is 0 Å². The number of halogens is 1. The molecular weight excluding hydrogens is 382 g/mol. The molecule has 3 aromatic rings. The highest BCUT2D eigenvalue weighted by molar-refractivity contribution is 6.33. The van der Waals surface area contributed by atoms with E-state index in [1.165, 1.54) is 0 Å². The van der Waals surface area contributed by atoms with Crippen LogP contribution in [-0.2, 0) is 0 Å². The van der Waals surface area contributed by atoms with E-state index in [1.54, 1.807) is 0 Å². The lowest BCUT2D eigenvalue weighted by atomic mass is 10.1. The minimum Gasteiger partial charge on any atom is -0.384 e. The average molecular weight is 408 g/mol. The van der Waals surface area contributed by atoms with Crippen LogP contribution in [0.2, 0.25) is 5.02 Å². The van der Waals surface area contributed by atoms with Gasteiger partial charge in [-0.2, -0.15) is 0 Å². The van der Waals surface area contributed by atoms with Crippen molar-refractivity contribution < 1.29 is 0 Å². The van der Waals surface area contributed by atoms with Crippen molar-refractivity contribution in [1.29, 1.82) is 0 Å². The molecule has 0 amide bonds. The Morgan fingerprint density at radius 1 is 0.897 bits per heavy atom. The third-order valence-corrected chi connectivity index (χ3v) is 5.67. The number of benzene rings is 2. The molecule has 0 unspecified atom stereocenters. The molecule has 1 aromatic heterocycles. The first-order valence-corrected chi connectivity index (χ1v) is 10.2. The monoisotopic (exact) mass is 407 g/mol. The van der Waals surface area contributed by atoms with E-state index in [0.717, 1.165) is 59.5 Å². The highest BCUT2D eigenvalue weighted by Gasteiger charge is 2.20. The Kier molecular flexibility index (Phi) is 5.49. The van der Waals surface area contributed by atoms with Gasteiger partial charge >= 0.3 is 0 Å². The van der Waals surface area contributed by atoms with Gasteiger partial charge in [0, 0.05) is 63.3 Å². The number of nitrogens with zero attached hydrogens (tertiary/aromatic N) is 4. The Morgan fingerprint density at radius 3 is 2.21 bits per heavy atom. The highest BCUT2D eigenvalue weighted by Crippen LogP contribution is 2.30. The zero-order valence-corrected chi connectivity index (χ0v) is 17.6. The van der Waals surface area contributed by atoms with Crippen molar-refractivity contribution in [2.24, 2.45) is 0 Å². The molecule has 150 valence electrons. The second-order valence-electron chi connectivity index (χ2n) is 7.50. The van der Waals surface area contributed by atoms with E-state index in [4.69, 9.17) is 17.3 Å². The molecule has 0 aliphatic carbocycles. The fraction of sp³-hybridized carbons (Fsp3) is 0.261. The first-order chi connectivity index (χ1) is 14.0. The fourth-order valence-corrected chi connectivity index (χ4v) is 3.97. The average Bonchev–Trinajstić information content (AvgIpc) is 2.74. The molecule has 2 aromatic carbocycles. The van der Waals surface area contributed by atoms with Crippen molar-refractivity contribution in [2.75, 3.05) is 60.7 Å². The van der Waals surface area contributed by atoms with E-state index in [2.05, 4.69) is 56.1 Å². The Morgan fingerprint density at radius 2 is 1.55 bits per heavy atom. The number of anilines is 4. The van der Waals surface area contributed by atoms with Crippen LogP contribution in [0.1, 0.15) is 0 Å². The second-order valence-corrected chi connectivity index (χ2v) is 7.91. The molecule has 6 heteroatoms. The van der Waals surface area contributed by atoms with Crippen molar-refractivity contribution in [3.63, 3.8) is 0 Å². The number of hydrogen-bond donors (Lipinski definition) is 1. The van der Waals surface area contributed by atoms with E-state index in [1.807, 2.05) is 38.4 Å². The predicted octanol–water partition coefficient (Wildman–Crippen LogP) is 4.38. The van der Waals surface area contributed by atoms with Gasteiger partial charge in [0.25, 0.3) is 0 Å². The molecule has 2 N–H and O–H groups in total. The van der Waals surface area contributed by atoms with E-state index in [0.29, 0.717) is 5.82 Å². The summed E-state index contributed by atoms with van der Waals surface area (Å²) < 4.78 is 0. The number of nitrogens with two attached hydrogens (primary N) is 1. The summed E-state index contributed by atoms with van der Waals surface area (Å²) in [4.78, 5) is 11.3. The number of para-hydroxylation sites is 1. The lowest BCUT2D eigenvalue weighted by molar-refractivity contribution is 0.653. The molecule has 4 rings (SSSR count). The third-order valence-electron chi connectivity index (χ3n) is 5.35. The molecular formula is C23H26ClN5. The molecule has 0 atom stereocenters. The summed E-state index contributed by atoms with van der Waals surface area (Å²) in [5.41, 5.74) is 11.5. The molecule has 0 saturated carbocycles. The standard InChI is InChI=1S/C23H26ClN5/c1-27(2)18-9-7-17(8-10-18)21-15-19(16-23(25)26-21)28-11-13-29(14-12-28)22-6-4-3-5-20(22)24/h3-10,15-16H,11-14H2,1-2H3,(H2,25,26). The minimum atomic E-state index is 0.544. The highest BCUT2D eigenvalue weighted by atomic mass is 35.5. The predicted molar refractivity (Wildman–Crippen MR) is 124 cm³/mol. The van der Waals surface area contributed by atoms with E-state index >= 15 is 0 Å². The lowest BCUT2D eigenvalue weighted by Gasteiger charge is -2.37. The molecule has 1 aliphatic rings. The van der Waals surface area contributed by atoms with Crippen molar-refractivity contribution in [3.8, 4) is 11.3 Å². The fourth-order valence-electron chi connectivity index (χ4n) is 3.71. The molecule has 5 nitrogen and oxygen atoms in total. The maximum atomic E-state index is 6.37. The molecule has 1 aliphatic heterocycles. The largest absolute Gasteiger partial charge is 0.384 e. The number of aromatic nitrogens is 1. The Hall–Kier alpha value is -2.92. The minimum absolute atomic E-state index is 0.544. The number of hydrogen-bond acceptors (Lipinski definition) is 5. The summed E-state index contributed by atoms with van der Waals surface area (Å²) in [5.74, 6) is 0.544. The topological polar surface area (TPSA) is 48.6 Å². The van der Waals surface area contributed by atoms with Gasteiger partial charge in [0.05, 0.1) is 16.4 Å². The Labute approximate surface area is 177 Å². The summed E-state index contributed by atoms with van der Waals surface area (Å²) in [6.07, 6.45) is 0. The maximum absolute atomic E-state index is 6.37. The SMILES string of the molecule is CN(C)c1ccc(-c2cc(N3CCN(c4ccccc4Cl)CC3)cc(N)n2)cc1. The zero-order chi connectivity index (χ0) is 20.4. The van der Waals surface area contributed by atoms with E-state index < -0.39 is 0 Å². The normalized spacial score (nSPS) is 14.2. The number of nitrogen functional groups attached to an aromatic ring is 1. The van der Waals surface area contributed by atoms with Crippen molar-refractivity contribution >= 4 is 34.5 Å². The summed E-state index contributed by atoms with van der Waals surface area (Å²) in [5, 5.41) is 0.803. The molecule has 29 heavy (non-hydrogen) atoms. The van der Waals surface area contributed by atoms with Crippen LogP contribution in [-0.4, -0.2) is 45.3 Å². The molecule has 0 radical (unpaired) electrons. The first-order valence-electron chi connectivity index (χ1n) is 9.81. The summed E-state index contributed by atoms with van der Waals surface area (Å²) in [6, 6.07) is 20.5. The summed E-state index contributed by atoms with van der Waals surface area (Å²) in [6.45, 7) is 3.65. The molecule has 2 heterocycles. The van der Waals surface area contributed by atoms with Gasteiger partial charge in [-0.3, -0.25) is 0 Å². The quantitative estimate of drug-likeness (QED) is 0.695. The van der Waals surface area contributed by atoms with E-state index in [9.17, 15) is 0 Å². The van der Waals surface area contributed by atoms with Crippen LogP contribution in [0.3, 0.4) is 0 Å². The molecule has 0 bridgehead atoms. The van der Waals surface area contributed by atoms with Gasteiger partial charge in [0.1, 0.15) is 5.82 Å². The van der Waals surface area contributed by atoms with Crippen LogP contribution in [0.25, 0.3) is 11.3 Å². The maximum Gasteiger partial charge on any atom is 0.126 e. The third kappa shape index (κ3) is 4.25. The molecule has 0 spiro atoms. The Balaban J connectivity index is 1.52.